The number of hydrogen-bond acceptors (Lipinski definition) is 8. The molecule has 4 amide bonds. The summed E-state index contributed by atoms with van der Waals surface area (Å²) in [5.74, 6) is -3.88. The molecular weight excluding hydrogens is 648 g/mol. The number of phenolic OH excluding ortho intramolecular Hbond substituents is 1. The van der Waals surface area contributed by atoms with Crippen LogP contribution < -0.4 is 38.1 Å². The zero-order valence-electron chi connectivity index (χ0n) is 28.0. The molecule has 1 aliphatic heterocycles. The smallest absolute Gasteiger partial charge is 0.321 e. The van der Waals surface area contributed by atoms with Gasteiger partial charge in [-0.25, -0.2) is 13.6 Å². The molecule has 1 heterocycles. The Kier molecular flexibility index (Phi) is 13.9. The number of rotatable bonds is 16. The number of carbonyl (C=O) groups is 3. The molecule has 0 saturated carbocycles. The standard InChI is InChI=1S/C35H45F2N9O4/c1-2-40-35(50)45-34(39)42-14-6-12-30(32(48)43-19-27-28(36)17-26(47)18-29(27)37)44-33(49)31(46-20-23-8-3-4-9-24(23)21-46)22-10-5-11-25(16-22)41-15-7-13-38/h3-5,8-11,16-18,30-31,41,47H,2,6-7,12-15,19-21,38H2,1H3,(H,43,48)(H,44,49)(H4,39,40,42,45,50)/t30-,31-/m1/s1. The Hall–Kier alpha value is -5.28. The van der Waals surface area contributed by atoms with E-state index in [4.69, 9.17) is 11.5 Å². The van der Waals surface area contributed by atoms with E-state index in [1.165, 1.54) is 0 Å². The normalized spacial score (nSPS) is 14.0. The highest BCUT2D eigenvalue weighted by Gasteiger charge is 2.34. The lowest BCUT2D eigenvalue weighted by Gasteiger charge is -2.29. The van der Waals surface area contributed by atoms with E-state index in [0.717, 1.165) is 35.4 Å². The number of aromatic hydroxyl groups is 1. The van der Waals surface area contributed by atoms with E-state index in [1.54, 1.807) is 6.92 Å². The number of guanidine groups is 1. The largest absolute Gasteiger partial charge is 0.508 e. The van der Waals surface area contributed by atoms with Crippen molar-refractivity contribution in [3.63, 3.8) is 0 Å². The number of amides is 4. The number of nitrogens with zero attached hydrogens (tertiary/aromatic N) is 2. The number of halogens is 2. The fourth-order valence-corrected chi connectivity index (χ4v) is 5.66. The third kappa shape index (κ3) is 10.6. The Bertz CT molecular complexity index is 1620. The quantitative estimate of drug-likeness (QED) is 0.0636. The number of hydrogen-bond donors (Lipinski definition) is 8. The van der Waals surface area contributed by atoms with Crippen LogP contribution in [-0.4, -0.2) is 66.0 Å². The summed E-state index contributed by atoms with van der Waals surface area (Å²) in [5, 5.41) is 23.2. The maximum atomic E-state index is 14.4. The van der Waals surface area contributed by atoms with Crippen LogP contribution >= 0.6 is 0 Å². The summed E-state index contributed by atoms with van der Waals surface area (Å²) in [6, 6.07) is 14.5. The van der Waals surface area contributed by atoms with Crippen molar-refractivity contribution in [1.29, 1.82) is 0 Å². The number of aliphatic imine (C=N–C) groups is 1. The van der Waals surface area contributed by atoms with E-state index in [1.807, 2.05) is 53.4 Å². The van der Waals surface area contributed by atoms with Gasteiger partial charge in [-0.3, -0.25) is 24.8 Å². The number of anilines is 1. The lowest BCUT2D eigenvalue weighted by Crippen LogP contribution is -2.50. The molecule has 2 atom stereocenters. The summed E-state index contributed by atoms with van der Waals surface area (Å²) in [6.07, 6.45) is 1.12. The molecule has 4 rings (SSSR count). The second-order valence-electron chi connectivity index (χ2n) is 11.8. The Balaban J connectivity index is 1.56. The zero-order valence-corrected chi connectivity index (χ0v) is 28.0. The van der Waals surface area contributed by atoms with Crippen LogP contribution in [0.1, 0.15) is 54.5 Å². The maximum Gasteiger partial charge on any atom is 0.321 e. The minimum absolute atomic E-state index is 0.0870. The average Bonchev–Trinajstić information content (AvgIpc) is 3.49. The fourth-order valence-electron chi connectivity index (χ4n) is 5.66. The van der Waals surface area contributed by atoms with Gasteiger partial charge in [0.25, 0.3) is 0 Å². The predicted octanol–water partition coefficient (Wildman–Crippen LogP) is 2.70. The monoisotopic (exact) mass is 693 g/mol. The van der Waals surface area contributed by atoms with Crippen LogP contribution in [0.3, 0.4) is 0 Å². The van der Waals surface area contributed by atoms with Crippen LogP contribution in [0.2, 0.25) is 0 Å². The number of fused-ring (bicyclic) bond motifs is 1. The predicted molar refractivity (Wildman–Crippen MR) is 187 cm³/mol. The first kappa shape index (κ1) is 37.5. The highest BCUT2D eigenvalue weighted by atomic mass is 19.1. The van der Waals surface area contributed by atoms with Crippen LogP contribution in [0, 0.1) is 11.6 Å². The molecule has 0 unspecified atom stereocenters. The minimum atomic E-state index is -1.13. The lowest BCUT2D eigenvalue weighted by molar-refractivity contribution is -0.132. The molecule has 13 nitrogen and oxygen atoms in total. The van der Waals surface area contributed by atoms with Crippen molar-refractivity contribution in [1.82, 2.24) is 26.2 Å². The highest BCUT2D eigenvalue weighted by Crippen LogP contribution is 2.33. The molecule has 0 aliphatic carbocycles. The SMILES string of the molecule is CCNC(=O)NC(N)=NCCC[C@@H](NC(=O)[C@@H](c1cccc(NCCCN)c1)N1Cc2ccccc2C1)C(=O)NCc1c(F)cc(O)cc1F. The number of phenols is 1. The molecule has 0 bridgehead atoms. The number of carbonyl (C=O) groups excluding carboxylic acids is 3. The molecule has 0 aromatic heterocycles. The van der Waals surface area contributed by atoms with Gasteiger partial charge in [-0.05, 0) is 61.6 Å². The molecule has 268 valence electrons. The Morgan fingerprint density at radius 1 is 0.960 bits per heavy atom. The van der Waals surface area contributed by atoms with E-state index in [9.17, 15) is 28.3 Å². The van der Waals surface area contributed by atoms with E-state index < -0.39 is 59.4 Å². The first-order chi connectivity index (χ1) is 24.1. The average molecular weight is 694 g/mol. The van der Waals surface area contributed by atoms with Gasteiger partial charge in [-0.1, -0.05) is 36.4 Å². The van der Waals surface area contributed by atoms with Gasteiger partial charge in [0.15, 0.2) is 5.96 Å². The van der Waals surface area contributed by atoms with E-state index >= 15 is 0 Å². The van der Waals surface area contributed by atoms with Crippen LogP contribution in [-0.2, 0) is 29.2 Å². The summed E-state index contributed by atoms with van der Waals surface area (Å²) in [4.78, 5) is 45.7. The number of benzene rings is 3. The Morgan fingerprint density at radius 3 is 2.32 bits per heavy atom. The van der Waals surface area contributed by atoms with E-state index in [2.05, 4.69) is 31.6 Å². The van der Waals surface area contributed by atoms with Crippen molar-refractivity contribution in [2.75, 3.05) is 31.5 Å². The van der Waals surface area contributed by atoms with Crippen LogP contribution in [0.5, 0.6) is 5.75 Å². The number of nitrogens with two attached hydrogens (primary N) is 2. The third-order valence-electron chi connectivity index (χ3n) is 8.10. The molecule has 50 heavy (non-hydrogen) atoms. The van der Waals surface area contributed by atoms with Gasteiger partial charge >= 0.3 is 6.03 Å². The van der Waals surface area contributed by atoms with Crippen molar-refractivity contribution >= 4 is 29.5 Å². The first-order valence-corrected chi connectivity index (χ1v) is 16.5. The molecule has 1 aliphatic rings. The maximum absolute atomic E-state index is 14.4. The number of nitrogens with one attached hydrogen (secondary N) is 5. The topological polar surface area (TPSA) is 199 Å². The van der Waals surface area contributed by atoms with Gasteiger partial charge in [0.05, 0.1) is 0 Å². The second-order valence-corrected chi connectivity index (χ2v) is 11.8. The van der Waals surface area contributed by atoms with Crippen molar-refractivity contribution in [2.45, 2.75) is 57.9 Å². The molecule has 0 spiro atoms. The fraction of sp³-hybridized carbons (Fsp3) is 0.371. The van der Waals surface area contributed by atoms with Crippen LogP contribution in [0.25, 0.3) is 0 Å². The first-order valence-electron chi connectivity index (χ1n) is 16.5. The second kappa shape index (κ2) is 18.5. The summed E-state index contributed by atoms with van der Waals surface area (Å²) in [6.45, 7) is 3.93. The van der Waals surface area contributed by atoms with Crippen LogP contribution in [0.15, 0.2) is 65.7 Å². The van der Waals surface area contributed by atoms with Gasteiger partial charge in [0.2, 0.25) is 11.8 Å². The van der Waals surface area contributed by atoms with Crippen molar-refractivity contribution in [3.8, 4) is 5.75 Å². The molecule has 0 fully saturated rings. The van der Waals surface area contributed by atoms with Gasteiger partial charge in [-0.15, -0.1) is 0 Å². The molecule has 15 heteroatoms. The molecule has 3 aromatic rings. The van der Waals surface area contributed by atoms with Gasteiger partial charge in [0, 0.05) is 62.7 Å². The van der Waals surface area contributed by atoms with Gasteiger partial charge in [0.1, 0.15) is 29.5 Å². The molecule has 3 aromatic carbocycles. The van der Waals surface area contributed by atoms with Crippen LogP contribution in [0.4, 0.5) is 19.3 Å². The summed E-state index contributed by atoms with van der Waals surface area (Å²) in [7, 11) is 0. The van der Waals surface area contributed by atoms with Gasteiger partial charge < -0.3 is 37.8 Å². The highest BCUT2D eigenvalue weighted by molar-refractivity contribution is 5.95. The summed E-state index contributed by atoms with van der Waals surface area (Å²) in [5.41, 5.74) is 14.7. The lowest BCUT2D eigenvalue weighted by atomic mass is 10.0. The Morgan fingerprint density at radius 2 is 1.66 bits per heavy atom. The molecule has 0 saturated heterocycles. The number of urea groups is 1. The van der Waals surface area contributed by atoms with E-state index in [0.29, 0.717) is 38.3 Å². The molecule has 0 radical (unpaired) electrons. The zero-order chi connectivity index (χ0) is 36.0. The van der Waals surface area contributed by atoms with Crippen molar-refractivity contribution in [3.05, 3.63) is 94.6 Å². The van der Waals surface area contributed by atoms with Gasteiger partial charge in [-0.2, -0.15) is 0 Å². The third-order valence-corrected chi connectivity index (χ3v) is 8.10. The summed E-state index contributed by atoms with van der Waals surface area (Å²) < 4.78 is 28.9. The molecular formula is C35H45F2N9O4. The Labute approximate surface area is 289 Å². The minimum Gasteiger partial charge on any atom is -0.508 e. The van der Waals surface area contributed by atoms with Crippen molar-refractivity contribution in [2.24, 2.45) is 16.5 Å². The van der Waals surface area contributed by atoms with E-state index in [-0.39, 0.29) is 25.3 Å². The molecule has 10 N–H and O–H groups in total. The van der Waals surface area contributed by atoms with Crippen molar-refractivity contribution < 1.29 is 28.3 Å². The summed E-state index contributed by atoms with van der Waals surface area (Å²) >= 11 is 0.